The lowest BCUT2D eigenvalue weighted by Gasteiger charge is -2.44. The molecule has 0 saturated heterocycles. The molecule has 0 aromatic heterocycles. The Morgan fingerprint density at radius 1 is 0.370 bits per heavy atom. The fourth-order valence-electron chi connectivity index (χ4n) is 6.38. The van der Waals surface area contributed by atoms with Gasteiger partial charge in [0.2, 0.25) is 0 Å². The van der Waals surface area contributed by atoms with Crippen molar-refractivity contribution in [3.05, 3.63) is 139 Å². The van der Waals surface area contributed by atoms with Gasteiger partial charge in [-0.25, -0.2) is 0 Å². The maximum Gasteiger partial charge on any atom is 0.320 e. The van der Waals surface area contributed by atoms with E-state index in [0.717, 1.165) is 29.4 Å². The summed E-state index contributed by atoms with van der Waals surface area (Å²) >= 11 is 15.9. The van der Waals surface area contributed by atoms with Crippen molar-refractivity contribution in [2.24, 2.45) is 0 Å². The molecule has 0 atom stereocenters. The van der Waals surface area contributed by atoms with Crippen molar-refractivity contribution < 1.29 is 8.85 Å². The fraction of sp³-hybridized carbons (Fsp3) is 0.211. The molecule has 0 unspecified atom stereocenters. The summed E-state index contributed by atoms with van der Waals surface area (Å²) in [6.45, 7) is 13.7. The predicted molar refractivity (Wildman–Crippen MR) is 214 cm³/mol. The second-order valence-electron chi connectivity index (χ2n) is 13.4. The Bertz CT molecular complexity index is 1550. The molecule has 8 heteroatoms. The topological polar surface area (TPSA) is 18.5 Å². The lowest BCUT2D eigenvalue weighted by atomic mass is 10.2. The van der Waals surface area contributed by atoms with Gasteiger partial charge in [-0.15, -0.1) is 0 Å². The van der Waals surface area contributed by atoms with Crippen molar-refractivity contribution >= 4 is 101 Å². The number of halogens is 4. The summed E-state index contributed by atoms with van der Waals surface area (Å²) in [5, 5.41) is 4.38. The first kappa shape index (κ1) is 35.4. The van der Waals surface area contributed by atoms with Crippen LogP contribution in [0.5, 0.6) is 11.5 Å². The lowest BCUT2D eigenvalue weighted by Crippen LogP contribution is -2.69. The third-order valence-electron chi connectivity index (χ3n) is 8.53. The molecule has 0 aliphatic carbocycles. The lowest BCUT2D eigenvalue weighted by molar-refractivity contribution is 0.488. The van der Waals surface area contributed by atoms with E-state index in [1.54, 1.807) is 0 Å². The zero-order valence-corrected chi connectivity index (χ0v) is 35.2. The molecule has 5 aromatic carbocycles. The normalized spacial score (nSPS) is 12.6. The highest BCUT2D eigenvalue weighted by atomic mass is 79.9. The largest absolute Gasteiger partial charge is 0.532 e. The molecule has 5 rings (SSSR count). The van der Waals surface area contributed by atoms with Gasteiger partial charge in [-0.3, -0.25) is 0 Å². The third-order valence-corrected chi connectivity index (χ3v) is 22.4. The van der Waals surface area contributed by atoms with Crippen LogP contribution in [0, 0.1) is 0 Å². The Morgan fingerprint density at radius 3 is 0.739 bits per heavy atom. The van der Waals surface area contributed by atoms with E-state index in [1.807, 2.05) is 0 Å². The molecule has 0 bridgehead atoms. The van der Waals surface area contributed by atoms with Gasteiger partial charge < -0.3 is 8.85 Å². The van der Waals surface area contributed by atoms with Crippen LogP contribution in [0.15, 0.2) is 139 Å². The van der Waals surface area contributed by atoms with E-state index in [9.17, 15) is 0 Å². The van der Waals surface area contributed by atoms with Crippen LogP contribution in [0.25, 0.3) is 0 Å². The summed E-state index contributed by atoms with van der Waals surface area (Å²) in [4.78, 5) is 0. The first-order valence-electron chi connectivity index (χ1n) is 15.2. The predicted octanol–water partition coefficient (Wildman–Crippen LogP) is 10.6. The monoisotopic (exact) mass is 898 g/mol. The van der Waals surface area contributed by atoms with E-state index >= 15 is 0 Å². The Kier molecular flexibility index (Phi) is 10.7. The maximum atomic E-state index is 7.52. The Balaban J connectivity index is 1.75. The molecular weight excluding hydrogens is 864 g/mol. The quantitative estimate of drug-likeness (QED) is 0.114. The second-order valence-corrected chi connectivity index (χ2v) is 25.1. The zero-order valence-electron chi connectivity index (χ0n) is 26.9. The SMILES string of the molecule is CC(C)(C)[Si](Oc1c(Br)c(Br)c(O[Si](c2ccccc2)(c2ccccc2)C(C)(C)C)c(Br)c1Br)(c1ccccc1)c1ccccc1. The van der Waals surface area contributed by atoms with Crippen molar-refractivity contribution in [1.82, 2.24) is 0 Å². The molecule has 0 aliphatic rings. The Morgan fingerprint density at radius 2 is 0.565 bits per heavy atom. The molecule has 0 radical (unpaired) electrons. The van der Waals surface area contributed by atoms with Crippen molar-refractivity contribution in [2.75, 3.05) is 0 Å². The van der Waals surface area contributed by atoms with Gasteiger partial charge in [-0.1, -0.05) is 163 Å². The molecule has 0 fully saturated rings. The Labute approximate surface area is 309 Å². The van der Waals surface area contributed by atoms with Crippen molar-refractivity contribution in [2.45, 2.75) is 51.6 Å². The van der Waals surface area contributed by atoms with Crippen LogP contribution in [0.4, 0.5) is 0 Å². The highest BCUT2D eigenvalue weighted by molar-refractivity contribution is 9.14. The summed E-state index contributed by atoms with van der Waals surface area (Å²) in [6.07, 6.45) is 0. The van der Waals surface area contributed by atoms with E-state index in [0.29, 0.717) is 0 Å². The van der Waals surface area contributed by atoms with Crippen LogP contribution in [-0.4, -0.2) is 16.6 Å². The summed E-state index contributed by atoms with van der Waals surface area (Å²) in [5.74, 6) is 1.45. The molecular formula is C38H38Br4O2Si2. The summed E-state index contributed by atoms with van der Waals surface area (Å²) in [5.41, 5.74) is 0. The first-order valence-corrected chi connectivity index (χ1v) is 22.2. The van der Waals surface area contributed by atoms with Crippen molar-refractivity contribution in [3.63, 3.8) is 0 Å². The van der Waals surface area contributed by atoms with Crippen molar-refractivity contribution in [1.29, 1.82) is 0 Å². The summed E-state index contributed by atoms with van der Waals surface area (Å²) in [7, 11) is -5.86. The minimum atomic E-state index is -2.93. The van der Waals surface area contributed by atoms with Crippen LogP contribution in [0.3, 0.4) is 0 Å². The molecule has 0 heterocycles. The highest BCUT2D eigenvalue weighted by Gasteiger charge is 2.54. The van der Waals surface area contributed by atoms with E-state index in [-0.39, 0.29) is 10.1 Å². The molecule has 0 aliphatic heterocycles. The fourth-order valence-corrected chi connectivity index (χ4v) is 18.2. The van der Waals surface area contributed by atoms with E-state index in [4.69, 9.17) is 8.85 Å². The summed E-state index contributed by atoms with van der Waals surface area (Å²) < 4.78 is 18.2. The van der Waals surface area contributed by atoms with E-state index < -0.39 is 16.6 Å². The van der Waals surface area contributed by atoms with Gasteiger partial charge in [0.1, 0.15) is 11.5 Å². The molecule has 0 saturated carbocycles. The van der Waals surface area contributed by atoms with Gasteiger partial charge in [0.05, 0.1) is 17.9 Å². The molecule has 2 nitrogen and oxygen atoms in total. The number of rotatable bonds is 8. The number of hydrogen-bond donors (Lipinski definition) is 0. The first-order chi connectivity index (χ1) is 21.8. The smallest absolute Gasteiger partial charge is 0.320 e. The third kappa shape index (κ3) is 6.30. The van der Waals surface area contributed by atoms with Gasteiger partial charge in [-0.2, -0.15) is 0 Å². The zero-order chi connectivity index (χ0) is 33.3. The van der Waals surface area contributed by atoms with Gasteiger partial charge in [-0.05, 0) is 94.5 Å². The standard InChI is InChI=1S/C38H38Br4O2Si2/c1-37(2,3)45(27-19-11-7-12-20-27,28-21-13-8-14-22-28)43-35-31(39)33(41)36(34(42)32(35)40)44-46(38(4,5)6,29-23-15-9-16-24-29)30-25-17-10-18-26-30/h7-26H,1-6H3. The van der Waals surface area contributed by atoms with Gasteiger partial charge in [0.25, 0.3) is 0 Å². The van der Waals surface area contributed by atoms with Gasteiger partial charge >= 0.3 is 16.6 Å². The van der Waals surface area contributed by atoms with E-state index in [2.05, 4.69) is 227 Å². The van der Waals surface area contributed by atoms with Crippen molar-refractivity contribution in [3.8, 4) is 11.5 Å². The van der Waals surface area contributed by atoms with Crippen LogP contribution in [0.1, 0.15) is 41.5 Å². The van der Waals surface area contributed by atoms with E-state index in [1.165, 1.54) is 20.7 Å². The Hall–Kier alpha value is -1.95. The minimum absolute atomic E-state index is 0.211. The molecule has 0 spiro atoms. The van der Waals surface area contributed by atoms with Gasteiger partial charge in [0, 0.05) is 0 Å². The summed E-state index contributed by atoms with van der Waals surface area (Å²) in [6, 6.07) is 42.7. The maximum absolute atomic E-state index is 7.52. The number of benzene rings is 5. The molecule has 0 N–H and O–H groups in total. The van der Waals surface area contributed by atoms with Crippen LogP contribution < -0.4 is 29.6 Å². The molecule has 238 valence electrons. The average molecular weight is 903 g/mol. The highest BCUT2D eigenvalue weighted by Crippen LogP contribution is 2.54. The van der Waals surface area contributed by atoms with Crippen LogP contribution in [0.2, 0.25) is 10.1 Å². The molecule has 5 aromatic rings. The van der Waals surface area contributed by atoms with Gasteiger partial charge in [0.15, 0.2) is 0 Å². The molecule has 0 amide bonds. The van der Waals surface area contributed by atoms with Crippen LogP contribution in [-0.2, 0) is 0 Å². The number of hydrogen-bond acceptors (Lipinski definition) is 2. The van der Waals surface area contributed by atoms with Crippen LogP contribution >= 0.6 is 63.7 Å². The average Bonchev–Trinajstić information content (AvgIpc) is 3.05. The minimum Gasteiger partial charge on any atom is -0.532 e. The molecule has 46 heavy (non-hydrogen) atoms. The second kappa shape index (κ2) is 13.9.